The van der Waals surface area contributed by atoms with Crippen molar-refractivity contribution < 1.29 is 27.1 Å². The van der Waals surface area contributed by atoms with Gasteiger partial charge in [0.2, 0.25) is 5.88 Å². The summed E-state index contributed by atoms with van der Waals surface area (Å²) in [6.45, 7) is 0.895. The molecule has 2 aromatic rings. The van der Waals surface area contributed by atoms with Crippen LogP contribution in [-0.2, 0) is 6.18 Å². The van der Waals surface area contributed by atoms with E-state index in [9.17, 15) is 22.4 Å². The highest BCUT2D eigenvalue weighted by Gasteiger charge is 2.31. The molecule has 9 heteroatoms. The monoisotopic (exact) mass is 369 g/mol. The zero-order valence-corrected chi connectivity index (χ0v) is 13.5. The van der Waals surface area contributed by atoms with Crippen molar-refractivity contribution in [2.45, 2.75) is 18.7 Å². The van der Waals surface area contributed by atoms with Crippen molar-refractivity contribution in [2.24, 2.45) is 5.73 Å². The lowest BCUT2D eigenvalue weighted by Gasteiger charge is -2.21. The molecule has 2 N–H and O–H groups in total. The summed E-state index contributed by atoms with van der Waals surface area (Å²) < 4.78 is 56.6. The maximum atomic E-state index is 13.3. The zero-order chi connectivity index (χ0) is 18.9. The van der Waals surface area contributed by atoms with Gasteiger partial charge in [-0.15, -0.1) is 0 Å². The van der Waals surface area contributed by atoms with Gasteiger partial charge in [0.15, 0.2) is 0 Å². The smallest absolute Gasteiger partial charge is 0.417 e. The minimum Gasteiger partial charge on any atom is -0.472 e. The molecular formula is C17H15F4N3O2. The quantitative estimate of drug-likeness (QED) is 0.842. The van der Waals surface area contributed by atoms with Gasteiger partial charge in [0, 0.05) is 30.9 Å². The molecule has 5 nitrogen and oxygen atoms in total. The van der Waals surface area contributed by atoms with E-state index in [1.165, 1.54) is 12.1 Å². The van der Waals surface area contributed by atoms with Gasteiger partial charge in [-0.05, 0) is 24.3 Å². The van der Waals surface area contributed by atoms with Crippen LogP contribution in [0.2, 0.25) is 0 Å². The van der Waals surface area contributed by atoms with Crippen LogP contribution in [0.3, 0.4) is 0 Å². The molecule has 3 rings (SSSR count). The lowest BCUT2D eigenvalue weighted by Crippen LogP contribution is -2.27. The third kappa shape index (κ3) is 3.87. The van der Waals surface area contributed by atoms with Crippen molar-refractivity contribution in [1.29, 1.82) is 0 Å². The fourth-order valence-corrected chi connectivity index (χ4v) is 2.81. The second kappa shape index (κ2) is 6.81. The molecule has 0 saturated carbocycles. The van der Waals surface area contributed by atoms with Crippen LogP contribution < -0.4 is 15.4 Å². The Hall–Kier alpha value is -2.84. The van der Waals surface area contributed by atoms with E-state index in [1.807, 2.05) is 4.90 Å². The van der Waals surface area contributed by atoms with Crippen molar-refractivity contribution in [1.82, 2.24) is 4.98 Å². The maximum absolute atomic E-state index is 13.3. The topological polar surface area (TPSA) is 68.5 Å². The number of anilines is 1. The Morgan fingerprint density at radius 1 is 1.27 bits per heavy atom. The molecule has 1 amide bonds. The molecule has 1 aromatic carbocycles. The summed E-state index contributed by atoms with van der Waals surface area (Å²) in [6.07, 6.45) is -3.50. The maximum Gasteiger partial charge on any atom is 0.417 e. The Kier molecular flexibility index (Phi) is 4.71. The number of halogens is 4. The van der Waals surface area contributed by atoms with E-state index >= 15 is 0 Å². The Labute approximate surface area is 146 Å². The van der Waals surface area contributed by atoms with Crippen molar-refractivity contribution in [3.63, 3.8) is 0 Å². The van der Waals surface area contributed by atoms with Crippen LogP contribution in [0.1, 0.15) is 22.3 Å². The molecule has 0 unspecified atom stereocenters. The van der Waals surface area contributed by atoms with Crippen LogP contribution in [0.15, 0.2) is 36.5 Å². The van der Waals surface area contributed by atoms with Crippen LogP contribution in [0.4, 0.5) is 23.2 Å². The van der Waals surface area contributed by atoms with Crippen molar-refractivity contribution in [3.05, 3.63) is 53.5 Å². The fourth-order valence-electron chi connectivity index (χ4n) is 2.81. The molecular weight excluding hydrogens is 354 g/mol. The minimum atomic E-state index is -4.45. The summed E-state index contributed by atoms with van der Waals surface area (Å²) in [7, 11) is 0. The fraction of sp³-hybridized carbons (Fsp3) is 0.294. The van der Waals surface area contributed by atoms with Gasteiger partial charge >= 0.3 is 6.18 Å². The Bertz CT molecular complexity index is 809. The molecule has 0 bridgehead atoms. The highest BCUT2D eigenvalue weighted by atomic mass is 19.4. The number of hydrogen-bond acceptors (Lipinski definition) is 4. The molecule has 1 saturated heterocycles. The number of carbonyl (C=O) groups is 1. The first-order chi connectivity index (χ1) is 12.2. The van der Waals surface area contributed by atoms with Gasteiger partial charge in [-0.25, -0.2) is 9.37 Å². The number of hydrogen-bond donors (Lipinski definition) is 1. The van der Waals surface area contributed by atoms with E-state index in [0.717, 1.165) is 18.2 Å². The van der Waals surface area contributed by atoms with E-state index in [2.05, 4.69) is 4.98 Å². The van der Waals surface area contributed by atoms with E-state index in [0.29, 0.717) is 31.4 Å². The normalized spacial score (nSPS) is 17.4. The van der Waals surface area contributed by atoms with Crippen LogP contribution >= 0.6 is 0 Å². The Morgan fingerprint density at radius 3 is 2.65 bits per heavy atom. The zero-order valence-electron chi connectivity index (χ0n) is 13.5. The third-order valence-electron chi connectivity index (χ3n) is 4.06. The number of primary amides is 1. The van der Waals surface area contributed by atoms with Gasteiger partial charge in [-0.2, -0.15) is 13.2 Å². The average molecular weight is 369 g/mol. The molecule has 0 aliphatic carbocycles. The molecule has 1 aliphatic rings. The lowest BCUT2D eigenvalue weighted by atomic mass is 10.1. The summed E-state index contributed by atoms with van der Waals surface area (Å²) in [5, 5.41) is 0. The van der Waals surface area contributed by atoms with E-state index in [1.54, 1.807) is 0 Å². The predicted molar refractivity (Wildman–Crippen MR) is 85.4 cm³/mol. The molecule has 1 aliphatic heterocycles. The Balaban J connectivity index is 1.69. The highest BCUT2D eigenvalue weighted by molar-refractivity contribution is 5.98. The molecule has 1 aromatic heterocycles. The molecule has 1 fully saturated rings. The van der Waals surface area contributed by atoms with Crippen molar-refractivity contribution in [3.8, 4) is 5.88 Å². The minimum absolute atomic E-state index is 0.0679. The van der Waals surface area contributed by atoms with E-state index < -0.39 is 23.5 Å². The number of alkyl halides is 3. The number of rotatable bonds is 4. The summed E-state index contributed by atoms with van der Waals surface area (Å²) in [5.74, 6) is -1.23. The molecule has 1 atom stereocenters. The average Bonchev–Trinajstić information content (AvgIpc) is 3.02. The largest absolute Gasteiger partial charge is 0.472 e. The number of nitrogens with zero attached hydrogens (tertiary/aromatic N) is 2. The number of carbonyl (C=O) groups excluding carboxylic acids is 1. The highest BCUT2D eigenvalue weighted by Crippen LogP contribution is 2.30. The number of nitrogens with two attached hydrogens (primary N) is 1. The van der Waals surface area contributed by atoms with Gasteiger partial charge < -0.3 is 15.4 Å². The summed E-state index contributed by atoms with van der Waals surface area (Å²) in [5.41, 5.74) is 5.00. The number of benzene rings is 1. The molecule has 0 spiro atoms. The Morgan fingerprint density at radius 2 is 2.04 bits per heavy atom. The van der Waals surface area contributed by atoms with Crippen molar-refractivity contribution in [2.75, 3.05) is 18.0 Å². The van der Waals surface area contributed by atoms with Gasteiger partial charge in [0.25, 0.3) is 5.91 Å². The first-order valence-corrected chi connectivity index (χ1v) is 7.78. The standard InChI is InChI=1S/C17H15F4N3O2/c18-11-2-3-14(13(7-11)16(22)25)24-6-5-12(9-24)26-15-4-1-10(8-23-15)17(19,20)21/h1-4,7-8,12H,5-6,9H2,(H2,22,25)/t12-/m0/s1. The molecule has 2 heterocycles. The number of pyridine rings is 1. The van der Waals surface area contributed by atoms with Crippen molar-refractivity contribution >= 4 is 11.6 Å². The second-order valence-electron chi connectivity index (χ2n) is 5.88. The van der Waals surface area contributed by atoms with E-state index in [-0.39, 0.29) is 17.5 Å². The molecule has 138 valence electrons. The number of ether oxygens (including phenoxy) is 1. The summed E-state index contributed by atoms with van der Waals surface area (Å²) >= 11 is 0. The molecule has 0 radical (unpaired) electrons. The van der Waals surface area contributed by atoms with Crippen LogP contribution in [0.5, 0.6) is 5.88 Å². The number of aromatic nitrogens is 1. The lowest BCUT2D eigenvalue weighted by molar-refractivity contribution is -0.137. The number of amides is 1. The predicted octanol–water partition coefficient (Wildman–Crippen LogP) is 3.00. The van der Waals surface area contributed by atoms with Gasteiger partial charge in [-0.1, -0.05) is 0 Å². The summed E-state index contributed by atoms with van der Waals surface area (Å²) in [6, 6.07) is 5.84. The van der Waals surface area contributed by atoms with Crippen LogP contribution in [0, 0.1) is 5.82 Å². The molecule has 26 heavy (non-hydrogen) atoms. The third-order valence-corrected chi connectivity index (χ3v) is 4.06. The SMILES string of the molecule is NC(=O)c1cc(F)ccc1N1CC[C@H](Oc2ccc(C(F)(F)F)cn2)C1. The second-order valence-corrected chi connectivity index (χ2v) is 5.88. The van der Waals surface area contributed by atoms with E-state index in [4.69, 9.17) is 10.5 Å². The van der Waals surface area contributed by atoms with Gasteiger partial charge in [0.1, 0.15) is 11.9 Å². The van der Waals surface area contributed by atoms with Crippen LogP contribution in [0.25, 0.3) is 0 Å². The van der Waals surface area contributed by atoms with Crippen LogP contribution in [-0.4, -0.2) is 30.1 Å². The van der Waals surface area contributed by atoms with Gasteiger partial charge in [0.05, 0.1) is 17.7 Å². The van der Waals surface area contributed by atoms with Gasteiger partial charge in [-0.3, -0.25) is 4.79 Å². The first-order valence-electron chi connectivity index (χ1n) is 7.78. The summed E-state index contributed by atoms with van der Waals surface area (Å²) in [4.78, 5) is 17.0. The first kappa shape index (κ1) is 18.0.